The number of dihydropyridines is 1. The fourth-order valence-electron chi connectivity index (χ4n) is 5.25. The number of allylic oxidation sites excluding steroid dienone is 3. The van der Waals surface area contributed by atoms with Crippen molar-refractivity contribution >= 4 is 29.1 Å². The van der Waals surface area contributed by atoms with Crippen molar-refractivity contribution in [3.63, 3.8) is 0 Å². The van der Waals surface area contributed by atoms with Crippen LogP contribution >= 0.6 is 11.6 Å². The Labute approximate surface area is 232 Å². The zero-order chi connectivity index (χ0) is 27.7. The van der Waals surface area contributed by atoms with Crippen LogP contribution in [-0.4, -0.2) is 26.0 Å². The quantitative estimate of drug-likeness (QED) is 0.263. The molecule has 7 heteroatoms. The van der Waals surface area contributed by atoms with Crippen molar-refractivity contribution in [2.45, 2.75) is 25.9 Å². The summed E-state index contributed by atoms with van der Waals surface area (Å²) in [7, 11) is 2.91. The Balaban J connectivity index is 1.64. The van der Waals surface area contributed by atoms with Crippen LogP contribution in [0.3, 0.4) is 0 Å². The number of ketones is 1. The number of rotatable bonds is 8. The van der Waals surface area contributed by atoms with Crippen LogP contribution in [0.5, 0.6) is 11.5 Å². The largest absolute Gasteiger partial charge is 0.493 e. The molecule has 39 heavy (non-hydrogen) atoms. The second-order valence-corrected chi connectivity index (χ2v) is 9.81. The molecule has 198 valence electrons. The molecule has 0 fully saturated rings. The molecule has 3 aromatic carbocycles. The van der Waals surface area contributed by atoms with Crippen LogP contribution in [0.1, 0.15) is 45.5 Å². The molecule has 1 heterocycles. The van der Waals surface area contributed by atoms with Crippen LogP contribution in [0.4, 0.5) is 0 Å². The van der Waals surface area contributed by atoms with E-state index in [1.807, 2.05) is 61.5 Å². The highest BCUT2D eigenvalue weighted by Gasteiger charge is 2.43. The average Bonchev–Trinajstić information content (AvgIpc) is 3.23. The summed E-state index contributed by atoms with van der Waals surface area (Å²) in [6.45, 7) is 6.04. The van der Waals surface area contributed by atoms with Crippen molar-refractivity contribution < 1.29 is 23.8 Å². The first-order chi connectivity index (χ1) is 18.9. The molecule has 0 saturated carbocycles. The Morgan fingerprint density at radius 1 is 1.08 bits per heavy atom. The van der Waals surface area contributed by atoms with Crippen molar-refractivity contribution in [1.29, 1.82) is 0 Å². The molecule has 0 aromatic heterocycles. The molecule has 1 N–H and O–H groups in total. The van der Waals surface area contributed by atoms with Gasteiger partial charge in [-0.25, -0.2) is 4.79 Å². The molecule has 0 radical (unpaired) electrons. The predicted molar refractivity (Wildman–Crippen MR) is 151 cm³/mol. The van der Waals surface area contributed by atoms with Gasteiger partial charge in [0, 0.05) is 38.9 Å². The van der Waals surface area contributed by atoms with Gasteiger partial charge in [0.25, 0.3) is 0 Å². The molecule has 2 aliphatic rings. The maximum absolute atomic E-state index is 13.7. The molecule has 0 spiro atoms. The van der Waals surface area contributed by atoms with E-state index in [-0.39, 0.29) is 5.78 Å². The topological polar surface area (TPSA) is 73.9 Å². The average molecular weight is 542 g/mol. The standard InChI is InChI=1S/C32H28ClNO5/c1-5-8-20-15-21(16-25(37-3)31(20)39-17-19-11-13-22(33)14-12-19)27-26(32(36)38-4)18(2)34-29-23-9-6-7-10-24(23)30(35)28(27)29/h5-7,9-16,27,34H,1,8,17H2,2-4H3/t27-/m1/s1. The first-order valence-corrected chi connectivity index (χ1v) is 12.9. The number of carbonyl (C=O) groups excluding carboxylic acids is 2. The van der Waals surface area contributed by atoms with Crippen molar-refractivity contribution in [3.8, 4) is 11.5 Å². The van der Waals surface area contributed by atoms with Gasteiger partial charge in [-0.15, -0.1) is 6.58 Å². The van der Waals surface area contributed by atoms with E-state index in [0.717, 1.165) is 22.3 Å². The number of esters is 1. The van der Waals surface area contributed by atoms with Crippen LogP contribution in [0, 0.1) is 0 Å². The number of Topliss-reactive ketones (excluding diaryl/α,β-unsaturated/α-hetero) is 1. The molecular weight excluding hydrogens is 514 g/mol. The monoisotopic (exact) mass is 541 g/mol. The minimum absolute atomic E-state index is 0.126. The smallest absolute Gasteiger partial charge is 0.336 e. The lowest BCUT2D eigenvalue weighted by Crippen LogP contribution is -2.29. The number of nitrogens with one attached hydrogen (secondary N) is 1. The van der Waals surface area contributed by atoms with E-state index >= 15 is 0 Å². The summed E-state index contributed by atoms with van der Waals surface area (Å²) in [6.07, 6.45) is 2.27. The van der Waals surface area contributed by atoms with Gasteiger partial charge < -0.3 is 19.5 Å². The van der Waals surface area contributed by atoms with Gasteiger partial charge in [0.05, 0.1) is 25.5 Å². The first kappa shape index (κ1) is 26.3. The summed E-state index contributed by atoms with van der Waals surface area (Å²) in [5, 5.41) is 3.96. The fourth-order valence-corrected chi connectivity index (χ4v) is 5.38. The molecule has 1 aliphatic carbocycles. The molecule has 5 rings (SSSR count). The molecular formula is C32H28ClNO5. The van der Waals surface area contributed by atoms with Crippen LogP contribution < -0.4 is 14.8 Å². The molecule has 0 unspecified atom stereocenters. The number of methoxy groups -OCH3 is 2. The second kappa shape index (κ2) is 10.8. The van der Waals surface area contributed by atoms with Crippen LogP contribution in [-0.2, 0) is 22.6 Å². The minimum atomic E-state index is -0.670. The molecule has 3 aromatic rings. The lowest BCUT2D eigenvalue weighted by Gasteiger charge is -2.30. The molecule has 0 saturated heterocycles. The van der Waals surface area contributed by atoms with E-state index in [1.54, 1.807) is 19.3 Å². The van der Waals surface area contributed by atoms with Crippen molar-refractivity contribution in [2.75, 3.05) is 14.2 Å². The molecule has 1 aliphatic heterocycles. The lowest BCUT2D eigenvalue weighted by molar-refractivity contribution is -0.136. The van der Waals surface area contributed by atoms with E-state index in [1.165, 1.54) is 7.11 Å². The number of benzene rings is 3. The third kappa shape index (κ3) is 4.72. The Hall–Kier alpha value is -4.29. The highest BCUT2D eigenvalue weighted by molar-refractivity contribution is 6.30. The fraction of sp³-hybridized carbons (Fsp3) is 0.188. The third-order valence-corrected chi connectivity index (χ3v) is 7.27. The Kier molecular flexibility index (Phi) is 7.31. The van der Waals surface area contributed by atoms with E-state index in [0.29, 0.717) is 57.7 Å². The Morgan fingerprint density at radius 3 is 2.46 bits per heavy atom. The molecule has 0 bridgehead atoms. The number of carbonyl (C=O) groups is 2. The van der Waals surface area contributed by atoms with Crippen molar-refractivity contribution in [1.82, 2.24) is 5.32 Å². The SMILES string of the molecule is C=CCc1cc([C@@H]2C(C(=O)OC)=C(C)NC3=C2C(=O)c2ccccc23)cc(OC)c1OCc1ccc(Cl)cc1. The summed E-state index contributed by atoms with van der Waals surface area (Å²) < 4.78 is 17.2. The number of hydrogen-bond acceptors (Lipinski definition) is 6. The number of fused-ring (bicyclic) bond motifs is 2. The Bertz CT molecular complexity index is 1550. The zero-order valence-corrected chi connectivity index (χ0v) is 22.7. The van der Waals surface area contributed by atoms with Gasteiger partial charge in [-0.3, -0.25) is 4.79 Å². The zero-order valence-electron chi connectivity index (χ0n) is 22.0. The molecule has 6 nitrogen and oxygen atoms in total. The summed E-state index contributed by atoms with van der Waals surface area (Å²) in [5.74, 6) is -0.243. The maximum atomic E-state index is 13.7. The normalized spacial score (nSPS) is 15.9. The van der Waals surface area contributed by atoms with Gasteiger partial charge in [-0.2, -0.15) is 0 Å². The van der Waals surface area contributed by atoms with E-state index in [4.69, 9.17) is 25.8 Å². The van der Waals surface area contributed by atoms with Gasteiger partial charge in [-0.05, 0) is 42.7 Å². The molecule has 1 atom stereocenters. The maximum Gasteiger partial charge on any atom is 0.336 e. The third-order valence-electron chi connectivity index (χ3n) is 7.02. The summed E-state index contributed by atoms with van der Waals surface area (Å²) in [4.78, 5) is 26.8. The lowest BCUT2D eigenvalue weighted by atomic mass is 9.79. The van der Waals surface area contributed by atoms with Crippen molar-refractivity contribution in [2.24, 2.45) is 0 Å². The van der Waals surface area contributed by atoms with Crippen molar-refractivity contribution in [3.05, 3.63) is 123 Å². The van der Waals surface area contributed by atoms with Crippen LogP contribution in [0.15, 0.2) is 90.2 Å². The number of ether oxygens (including phenoxy) is 3. The van der Waals surface area contributed by atoms with Gasteiger partial charge in [-0.1, -0.05) is 60.1 Å². The van der Waals surface area contributed by atoms with Gasteiger partial charge in [0.1, 0.15) is 6.61 Å². The summed E-state index contributed by atoms with van der Waals surface area (Å²) >= 11 is 6.03. The highest BCUT2D eigenvalue weighted by Crippen LogP contribution is 2.48. The van der Waals surface area contributed by atoms with Crippen LogP contribution in [0.2, 0.25) is 5.02 Å². The van der Waals surface area contributed by atoms with E-state index < -0.39 is 11.9 Å². The second-order valence-electron chi connectivity index (χ2n) is 9.37. The number of halogens is 1. The minimum Gasteiger partial charge on any atom is -0.493 e. The van der Waals surface area contributed by atoms with Crippen LogP contribution in [0.25, 0.3) is 5.70 Å². The predicted octanol–water partition coefficient (Wildman–Crippen LogP) is 6.40. The first-order valence-electron chi connectivity index (χ1n) is 12.5. The van der Waals surface area contributed by atoms with Gasteiger partial charge in [0.15, 0.2) is 17.3 Å². The summed E-state index contributed by atoms with van der Waals surface area (Å²) in [5.41, 5.74) is 6.11. The van der Waals surface area contributed by atoms with E-state index in [9.17, 15) is 9.59 Å². The highest BCUT2D eigenvalue weighted by atomic mass is 35.5. The molecule has 0 amide bonds. The van der Waals surface area contributed by atoms with Gasteiger partial charge in [0.2, 0.25) is 0 Å². The number of hydrogen-bond donors (Lipinski definition) is 1. The van der Waals surface area contributed by atoms with Gasteiger partial charge >= 0.3 is 5.97 Å². The Morgan fingerprint density at radius 2 is 1.79 bits per heavy atom. The van der Waals surface area contributed by atoms with E-state index in [2.05, 4.69) is 11.9 Å². The summed E-state index contributed by atoms with van der Waals surface area (Å²) in [6, 6.07) is 18.7.